The lowest BCUT2D eigenvalue weighted by Gasteiger charge is -2.12. The molecule has 2 rings (SSSR count). The number of hydrogen-bond donors (Lipinski definition) is 0. The van der Waals surface area contributed by atoms with Gasteiger partial charge in [0.15, 0.2) is 11.5 Å². The third-order valence-electron chi connectivity index (χ3n) is 3.83. The van der Waals surface area contributed by atoms with Gasteiger partial charge in [-0.1, -0.05) is 50.3 Å². The molecule has 0 spiro atoms. The van der Waals surface area contributed by atoms with Crippen molar-refractivity contribution in [3.8, 4) is 17.2 Å². The van der Waals surface area contributed by atoms with E-state index in [4.69, 9.17) is 9.47 Å². The molecule has 0 N–H and O–H groups in total. The quantitative estimate of drug-likeness (QED) is 0.563. The summed E-state index contributed by atoms with van der Waals surface area (Å²) in [7, 11) is 1.66. The standard InChI is InChI=1S/C22H26O2/c1-5-8-17-10-15-21(22(16-17)23-4)24-20-13-11-19(12-14-20)18(7-3)9-6-2/h5,8-16H,6-7H2,1-4H3/b8-5+,18-9+. The Kier molecular flexibility index (Phi) is 6.68. The smallest absolute Gasteiger partial charge is 0.169 e. The second kappa shape index (κ2) is 8.97. The molecule has 2 aromatic rings. The van der Waals surface area contributed by atoms with Gasteiger partial charge in [0.2, 0.25) is 0 Å². The van der Waals surface area contributed by atoms with E-state index in [1.54, 1.807) is 7.11 Å². The SMILES string of the molecule is C/C=C/c1ccc(Oc2ccc(/C(=C/CC)CC)cc2)c(OC)c1. The van der Waals surface area contributed by atoms with Crippen molar-refractivity contribution in [3.63, 3.8) is 0 Å². The summed E-state index contributed by atoms with van der Waals surface area (Å²) >= 11 is 0. The maximum Gasteiger partial charge on any atom is 0.169 e. The predicted octanol–water partition coefficient (Wildman–Crippen LogP) is 6.72. The van der Waals surface area contributed by atoms with Gasteiger partial charge in [-0.3, -0.25) is 0 Å². The van der Waals surface area contributed by atoms with Crippen molar-refractivity contribution >= 4 is 11.6 Å². The molecule has 0 aliphatic rings. The fraction of sp³-hybridized carbons (Fsp3) is 0.273. The summed E-state index contributed by atoms with van der Waals surface area (Å²) in [6.07, 6.45) is 8.40. The van der Waals surface area contributed by atoms with E-state index in [2.05, 4.69) is 32.1 Å². The molecule has 0 aliphatic heterocycles. The predicted molar refractivity (Wildman–Crippen MR) is 103 cm³/mol. The molecule has 2 aromatic carbocycles. The van der Waals surface area contributed by atoms with Gasteiger partial charge in [0, 0.05) is 0 Å². The fourth-order valence-electron chi connectivity index (χ4n) is 2.64. The third kappa shape index (κ3) is 4.51. The van der Waals surface area contributed by atoms with Gasteiger partial charge in [0.05, 0.1) is 7.11 Å². The second-order valence-corrected chi connectivity index (χ2v) is 5.53. The van der Waals surface area contributed by atoms with Crippen LogP contribution in [0.1, 0.15) is 44.7 Å². The second-order valence-electron chi connectivity index (χ2n) is 5.53. The van der Waals surface area contributed by atoms with Crippen LogP contribution in [0.4, 0.5) is 0 Å². The van der Waals surface area contributed by atoms with Crippen molar-refractivity contribution in [2.24, 2.45) is 0 Å². The van der Waals surface area contributed by atoms with Gasteiger partial charge in [-0.25, -0.2) is 0 Å². The minimum atomic E-state index is 0.721. The van der Waals surface area contributed by atoms with Gasteiger partial charge in [-0.05, 0) is 60.7 Å². The highest BCUT2D eigenvalue weighted by molar-refractivity contribution is 5.66. The molecular weight excluding hydrogens is 296 g/mol. The van der Waals surface area contributed by atoms with Crippen LogP contribution >= 0.6 is 0 Å². The molecule has 0 saturated heterocycles. The average Bonchev–Trinajstić information content (AvgIpc) is 2.62. The number of ether oxygens (including phenoxy) is 2. The average molecular weight is 322 g/mol. The van der Waals surface area contributed by atoms with E-state index in [1.165, 1.54) is 11.1 Å². The van der Waals surface area contributed by atoms with Crippen LogP contribution in [-0.4, -0.2) is 7.11 Å². The summed E-state index contributed by atoms with van der Waals surface area (Å²) in [5.41, 5.74) is 3.72. The molecule has 0 saturated carbocycles. The summed E-state index contributed by atoms with van der Waals surface area (Å²) in [6, 6.07) is 14.2. The lowest BCUT2D eigenvalue weighted by atomic mass is 10.0. The molecule has 0 radical (unpaired) electrons. The van der Waals surface area contributed by atoms with E-state index < -0.39 is 0 Å². The first-order valence-electron chi connectivity index (χ1n) is 8.49. The Balaban J connectivity index is 2.21. The highest BCUT2D eigenvalue weighted by Crippen LogP contribution is 2.33. The molecule has 126 valence electrons. The minimum Gasteiger partial charge on any atom is -0.493 e. The molecule has 0 unspecified atom stereocenters. The summed E-state index contributed by atoms with van der Waals surface area (Å²) in [4.78, 5) is 0. The molecule has 0 bridgehead atoms. The van der Waals surface area contributed by atoms with Crippen molar-refractivity contribution in [1.82, 2.24) is 0 Å². The zero-order valence-corrected chi connectivity index (χ0v) is 15.0. The Hall–Kier alpha value is -2.48. The maximum absolute atomic E-state index is 5.99. The molecule has 0 aromatic heterocycles. The van der Waals surface area contributed by atoms with Crippen molar-refractivity contribution in [1.29, 1.82) is 0 Å². The van der Waals surface area contributed by atoms with E-state index in [0.29, 0.717) is 0 Å². The molecule has 0 amide bonds. The molecular formula is C22H26O2. The number of allylic oxidation sites excluding steroid dienone is 3. The van der Waals surface area contributed by atoms with Crippen LogP contribution in [0.5, 0.6) is 17.2 Å². The van der Waals surface area contributed by atoms with Gasteiger partial charge in [0.1, 0.15) is 5.75 Å². The molecule has 0 heterocycles. The van der Waals surface area contributed by atoms with E-state index >= 15 is 0 Å². The fourth-order valence-corrected chi connectivity index (χ4v) is 2.64. The maximum atomic E-state index is 5.99. The van der Waals surface area contributed by atoms with Crippen molar-refractivity contribution in [3.05, 3.63) is 65.7 Å². The van der Waals surface area contributed by atoms with E-state index in [-0.39, 0.29) is 0 Å². The first-order chi connectivity index (χ1) is 11.7. The zero-order valence-electron chi connectivity index (χ0n) is 15.0. The summed E-state index contributed by atoms with van der Waals surface area (Å²) in [5.74, 6) is 2.26. The lowest BCUT2D eigenvalue weighted by Crippen LogP contribution is -1.91. The van der Waals surface area contributed by atoms with Crippen LogP contribution in [0.3, 0.4) is 0 Å². The Morgan fingerprint density at radius 2 is 1.75 bits per heavy atom. The summed E-state index contributed by atoms with van der Waals surface area (Å²) in [5, 5.41) is 0. The Morgan fingerprint density at radius 1 is 1.00 bits per heavy atom. The third-order valence-corrected chi connectivity index (χ3v) is 3.83. The normalized spacial score (nSPS) is 11.8. The molecule has 0 fully saturated rings. The number of benzene rings is 2. The van der Waals surface area contributed by atoms with Crippen LogP contribution in [0, 0.1) is 0 Å². The topological polar surface area (TPSA) is 18.5 Å². The van der Waals surface area contributed by atoms with Gasteiger partial charge in [-0.2, -0.15) is 0 Å². The van der Waals surface area contributed by atoms with Crippen molar-refractivity contribution < 1.29 is 9.47 Å². The molecule has 0 atom stereocenters. The van der Waals surface area contributed by atoms with Gasteiger partial charge < -0.3 is 9.47 Å². The van der Waals surface area contributed by atoms with E-state index in [9.17, 15) is 0 Å². The van der Waals surface area contributed by atoms with Crippen molar-refractivity contribution in [2.75, 3.05) is 7.11 Å². The van der Waals surface area contributed by atoms with Crippen LogP contribution < -0.4 is 9.47 Å². The summed E-state index contributed by atoms with van der Waals surface area (Å²) < 4.78 is 11.4. The minimum absolute atomic E-state index is 0.721. The number of rotatable bonds is 7. The molecule has 24 heavy (non-hydrogen) atoms. The first-order valence-corrected chi connectivity index (χ1v) is 8.49. The Bertz CT molecular complexity index is 709. The number of hydrogen-bond acceptors (Lipinski definition) is 2. The summed E-state index contributed by atoms with van der Waals surface area (Å²) in [6.45, 7) is 6.34. The number of methoxy groups -OCH3 is 1. The van der Waals surface area contributed by atoms with Crippen LogP contribution in [0.15, 0.2) is 54.6 Å². The first kappa shape index (κ1) is 17.9. The van der Waals surface area contributed by atoms with E-state index in [0.717, 1.165) is 35.7 Å². The van der Waals surface area contributed by atoms with Crippen molar-refractivity contribution in [2.45, 2.75) is 33.6 Å². The highest BCUT2D eigenvalue weighted by Gasteiger charge is 2.07. The molecule has 2 nitrogen and oxygen atoms in total. The molecule has 2 heteroatoms. The zero-order chi connectivity index (χ0) is 17.4. The van der Waals surface area contributed by atoms with Crippen LogP contribution in [0.25, 0.3) is 11.6 Å². The highest BCUT2D eigenvalue weighted by atomic mass is 16.5. The van der Waals surface area contributed by atoms with E-state index in [1.807, 2.05) is 49.4 Å². The van der Waals surface area contributed by atoms with Gasteiger partial charge >= 0.3 is 0 Å². The largest absolute Gasteiger partial charge is 0.493 e. The monoisotopic (exact) mass is 322 g/mol. The Labute approximate surface area is 145 Å². The molecule has 0 aliphatic carbocycles. The lowest BCUT2D eigenvalue weighted by molar-refractivity contribution is 0.379. The van der Waals surface area contributed by atoms with Gasteiger partial charge in [-0.15, -0.1) is 0 Å². The van der Waals surface area contributed by atoms with Crippen LogP contribution in [0.2, 0.25) is 0 Å². The van der Waals surface area contributed by atoms with Gasteiger partial charge in [0.25, 0.3) is 0 Å². The van der Waals surface area contributed by atoms with Crippen LogP contribution in [-0.2, 0) is 0 Å². The Morgan fingerprint density at radius 3 is 2.33 bits per heavy atom.